The summed E-state index contributed by atoms with van der Waals surface area (Å²) in [6.07, 6.45) is 5.26. The molecule has 90 valence electrons. The van der Waals surface area contributed by atoms with Gasteiger partial charge in [-0.3, -0.25) is 0 Å². The fourth-order valence-corrected chi connectivity index (χ4v) is 4.16. The SMILES string of the molecule is CC1(C)[C@@H]2CC[C@@]1(C)c1nnc(C3CC3)cc12. The van der Waals surface area contributed by atoms with Crippen LogP contribution in [-0.4, -0.2) is 10.2 Å². The first-order valence-corrected chi connectivity index (χ1v) is 6.92. The molecule has 1 aromatic rings. The van der Waals surface area contributed by atoms with Crippen LogP contribution in [0.1, 0.15) is 75.2 Å². The van der Waals surface area contributed by atoms with Gasteiger partial charge < -0.3 is 0 Å². The van der Waals surface area contributed by atoms with E-state index in [1.165, 1.54) is 42.6 Å². The third-order valence-electron chi connectivity index (χ3n) is 5.96. The Morgan fingerprint density at radius 2 is 1.88 bits per heavy atom. The summed E-state index contributed by atoms with van der Waals surface area (Å²) in [4.78, 5) is 0. The number of nitrogens with zero attached hydrogens (tertiary/aromatic N) is 2. The Bertz CT molecular complexity index is 502. The molecule has 0 spiro atoms. The molecule has 2 fully saturated rings. The zero-order chi connectivity index (χ0) is 11.8. The van der Waals surface area contributed by atoms with Crippen molar-refractivity contribution in [1.82, 2.24) is 10.2 Å². The summed E-state index contributed by atoms with van der Waals surface area (Å²) in [6.45, 7) is 7.23. The first-order valence-electron chi connectivity index (χ1n) is 6.92. The molecule has 2 atom stereocenters. The molecule has 0 radical (unpaired) electrons. The van der Waals surface area contributed by atoms with Gasteiger partial charge in [-0.05, 0) is 48.6 Å². The Balaban J connectivity index is 1.90. The van der Waals surface area contributed by atoms with Gasteiger partial charge in [0.15, 0.2) is 0 Å². The maximum absolute atomic E-state index is 4.62. The number of rotatable bonds is 1. The second kappa shape index (κ2) is 2.73. The Morgan fingerprint density at radius 3 is 2.59 bits per heavy atom. The van der Waals surface area contributed by atoms with Crippen molar-refractivity contribution in [2.45, 2.75) is 63.7 Å². The third kappa shape index (κ3) is 1.03. The van der Waals surface area contributed by atoms with Crippen molar-refractivity contribution >= 4 is 0 Å². The molecule has 3 aliphatic rings. The van der Waals surface area contributed by atoms with Gasteiger partial charge in [0, 0.05) is 11.3 Å². The first-order chi connectivity index (χ1) is 8.04. The van der Waals surface area contributed by atoms with Crippen LogP contribution in [0.3, 0.4) is 0 Å². The molecule has 2 bridgehead atoms. The van der Waals surface area contributed by atoms with Crippen LogP contribution in [0, 0.1) is 5.41 Å². The molecule has 2 heteroatoms. The van der Waals surface area contributed by atoms with Crippen LogP contribution >= 0.6 is 0 Å². The van der Waals surface area contributed by atoms with E-state index in [2.05, 4.69) is 37.0 Å². The average Bonchev–Trinajstić information content (AvgIpc) is 3.07. The molecule has 0 N–H and O–H groups in total. The summed E-state index contributed by atoms with van der Waals surface area (Å²) >= 11 is 0. The minimum Gasteiger partial charge on any atom is -0.155 e. The molecule has 0 aliphatic heterocycles. The highest BCUT2D eigenvalue weighted by atomic mass is 15.1. The number of fused-ring (bicyclic) bond motifs is 5. The molecule has 1 aromatic heterocycles. The van der Waals surface area contributed by atoms with Gasteiger partial charge in [0.1, 0.15) is 0 Å². The molecule has 1 heterocycles. The molecule has 0 unspecified atom stereocenters. The molecular formula is C15H20N2. The standard InChI is InChI=1S/C15H20N2/c1-14(2)11-6-7-15(14,3)13-10(11)8-12(16-17-13)9-4-5-9/h8-9,11H,4-7H2,1-3H3/t11-,15+/m1/s1. The molecule has 2 saturated carbocycles. The van der Waals surface area contributed by atoms with Gasteiger partial charge in [-0.2, -0.15) is 10.2 Å². The molecule has 17 heavy (non-hydrogen) atoms. The summed E-state index contributed by atoms with van der Waals surface area (Å²) in [5.74, 6) is 1.44. The molecule has 4 rings (SSSR count). The van der Waals surface area contributed by atoms with Gasteiger partial charge in [-0.25, -0.2) is 0 Å². The normalized spacial score (nSPS) is 37.2. The molecule has 0 aromatic carbocycles. The van der Waals surface area contributed by atoms with Crippen LogP contribution in [0.2, 0.25) is 0 Å². The van der Waals surface area contributed by atoms with Gasteiger partial charge in [0.2, 0.25) is 0 Å². The topological polar surface area (TPSA) is 25.8 Å². The number of aromatic nitrogens is 2. The van der Waals surface area contributed by atoms with E-state index < -0.39 is 0 Å². The van der Waals surface area contributed by atoms with Crippen LogP contribution in [0.15, 0.2) is 6.07 Å². The van der Waals surface area contributed by atoms with Crippen LogP contribution in [0.25, 0.3) is 0 Å². The minimum absolute atomic E-state index is 0.266. The lowest BCUT2D eigenvalue weighted by Gasteiger charge is -2.33. The van der Waals surface area contributed by atoms with Gasteiger partial charge in [0.25, 0.3) is 0 Å². The van der Waals surface area contributed by atoms with Gasteiger partial charge in [-0.1, -0.05) is 20.8 Å². The lowest BCUT2D eigenvalue weighted by Crippen LogP contribution is -2.32. The van der Waals surface area contributed by atoms with Crippen LogP contribution in [0.4, 0.5) is 0 Å². The van der Waals surface area contributed by atoms with E-state index in [9.17, 15) is 0 Å². The monoisotopic (exact) mass is 228 g/mol. The van der Waals surface area contributed by atoms with Crippen molar-refractivity contribution in [3.8, 4) is 0 Å². The average molecular weight is 228 g/mol. The van der Waals surface area contributed by atoms with Crippen molar-refractivity contribution in [2.24, 2.45) is 5.41 Å². The summed E-state index contributed by atoms with van der Waals surface area (Å²) in [7, 11) is 0. The second-order valence-electron chi connectivity index (χ2n) is 6.99. The molecule has 2 nitrogen and oxygen atoms in total. The van der Waals surface area contributed by atoms with E-state index in [4.69, 9.17) is 0 Å². The molecule has 0 saturated heterocycles. The van der Waals surface area contributed by atoms with Crippen molar-refractivity contribution in [2.75, 3.05) is 0 Å². The Morgan fingerprint density at radius 1 is 1.12 bits per heavy atom. The van der Waals surface area contributed by atoms with Crippen LogP contribution in [0.5, 0.6) is 0 Å². The van der Waals surface area contributed by atoms with E-state index in [1.807, 2.05) is 0 Å². The predicted molar refractivity (Wildman–Crippen MR) is 67.1 cm³/mol. The maximum atomic E-state index is 4.62. The largest absolute Gasteiger partial charge is 0.155 e. The molecule has 3 aliphatic carbocycles. The van der Waals surface area contributed by atoms with E-state index in [0.717, 1.165) is 11.8 Å². The molecule has 0 amide bonds. The second-order valence-corrected chi connectivity index (χ2v) is 6.99. The van der Waals surface area contributed by atoms with Crippen LogP contribution < -0.4 is 0 Å². The fraction of sp³-hybridized carbons (Fsp3) is 0.733. The smallest absolute Gasteiger partial charge is 0.0730 e. The highest BCUT2D eigenvalue weighted by molar-refractivity contribution is 5.45. The zero-order valence-corrected chi connectivity index (χ0v) is 11.0. The Labute approximate surface area is 103 Å². The van der Waals surface area contributed by atoms with E-state index in [0.29, 0.717) is 5.41 Å². The molecular weight excluding hydrogens is 208 g/mol. The van der Waals surface area contributed by atoms with Gasteiger partial charge in [-0.15, -0.1) is 0 Å². The van der Waals surface area contributed by atoms with Crippen molar-refractivity contribution in [1.29, 1.82) is 0 Å². The van der Waals surface area contributed by atoms with E-state index in [1.54, 1.807) is 0 Å². The van der Waals surface area contributed by atoms with Crippen molar-refractivity contribution < 1.29 is 0 Å². The van der Waals surface area contributed by atoms with E-state index in [-0.39, 0.29) is 5.41 Å². The Hall–Kier alpha value is -0.920. The third-order valence-corrected chi connectivity index (χ3v) is 5.96. The summed E-state index contributed by atoms with van der Waals surface area (Å²) in [5.41, 5.74) is 4.73. The lowest BCUT2D eigenvalue weighted by molar-refractivity contribution is 0.226. The predicted octanol–water partition coefficient (Wildman–Crippen LogP) is 3.53. The first kappa shape index (κ1) is 10.0. The zero-order valence-electron chi connectivity index (χ0n) is 11.0. The highest BCUT2D eigenvalue weighted by Crippen LogP contribution is 2.67. The summed E-state index contributed by atoms with van der Waals surface area (Å²) < 4.78 is 0. The van der Waals surface area contributed by atoms with Crippen molar-refractivity contribution in [3.05, 3.63) is 23.0 Å². The van der Waals surface area contributed by atoms with Gasteiger partial charge in [0.05, 0.1) is 11.4 Å². The number of hydrogen-bond donors (Lipinski definition) is 0. The van der Waals surface area contributed by atoms with E-state index >= 15 is 0 Å². The maximum Gasteiger partial charge on any atom is 0.0730 e. The highest BCUT2D eigenvalue weighted by Gasteiger charge is 2.60. The fourth-order valence-electron chi connectivity index (χ4n) is 4.16. The van der Waals surface area contributed by atoms with Gasteiger partial charge >= 0.3 is 0 Å². The lowest BCUT2D eigenvalue weighted by atomic mass is 9.70. The van der Waals surface area contributed by atoms with Crippen LogP contribution in [-0.2, 0) is 5.41 Å². The summed E-state index contributed by atoms with van der Waals surface area (Å²) in [6, 6.07) is 2.39. The van der Waals surface area contributed by atoms with Crippen molar-refractivity contribution in [3.63, 3.8) is 0 Å². The number of hydrogen-bond acceptors (Lipinski definition) is 2. The summed E-state index contributed by atoms with van der Waals surface area (Å²) in [5, 5.41) is 9.11. The minimum atomic E-state index is 0.266. The Kier molecular flexibility index (Phi) is 1.61. The quantitative estimate of drug-likeness (QED) is 0.735.